The molecular weight excluding hydrogens is 244 g/mol. The minimum atomic E-state index is -0.191. The van der Waals surface area contributed by atoms with Gasteiger partial charge in [0.1, 0.15) is 0 Å². The summed E-state index contributed by atoms with van der Waals surface area (Å²) in [7, 11) is 1.60. The topological polar surface area (TPSA) is 59.6 Å². The van der Waals surface area contributed by atoms with Gasteiger partial charge in [0.2, 0.25) is 0 Å². The molecule has 0 unspecified atom stereocenters. The predicted molar refractivity (Wildman–Crippen MR) is 73.9 cm³/mol. The fourth-order valence-electron chi connectivity index (χ4n) is 1.59. The van der Waals surface area contributed by atoms with Crippen molar-refractivity contribution in [3.05, 3.63) is 35.4 Å². The van der Waals surface area contributed by atoms with Gasteiger partial charge in [-0.05, 0) is 18.1 Å². The van der Waals surface area contributed by atoms with Crippen molar-refractivity contribution in [2.24, 2.45) is 0 Å². The van der Waals surface area contributed by atoms with Crippen molar-refractivity contribution < 1.29 is 14.3 Å². The van der Waals surface area contributed by atoms with Gasteiger partial charge in [-0.1, -0.05) is 24.3 Å². The summed E-state index contributed by atoms with van der Waals surface area (Å²) in [4.78, 5) is 11.5. The standard InChI is InChI=1S/C14H22N2O3/c1-3-19-11-13-7-5-4-6-12(13)10-16-14(17)15-8-9-18-2/h4-7H,3,8-11H2,1-2H3,(H2,15,16,17). The molecular formula is C14H22N2O3. The Bertz CT molecular complexity index is 383. The van der Waals surface area contributed by atoms with E-state index in [4.69, 9.17) is 9.47 Å². The van der Waals surface area contributed by atoms with E-state index in [1.54, 1.807) is 7.11 Å². The molecule has 0 atom stereocenters. The zero-order valence-corrected chi connectivity index (χ0v) is 11.6. The van der Waals surface area contributed by atoms with Crippen LogP contribution in [0.5, 0.6) is 0 Å². The molecule has 0 bridgehead atoms. The maximum absolute atomic E-state index is 11.5. The Hall–Kier alpha value is -1.59. The van der Waals surface area contributed by atoms with E-state index in [1.807, 2.05) is 31.2 Å². The molecule has 1 aromatic carbocycles. The Morgan fingerprint density at radius 3 is 2.63 bits per heavy atom. The summed E-state index contributed by atoms with van der Waals surface area (Å²) in [6.07, 6.45) is 0. The van der Waals surface area contributed by atoms with Gasteiger partial charge in [-0.15, -0.1) is 0 Å². The van der Waals surface area contributed by atoms with E-state index in [2.05, 4.69) is 10.6 Å². The predicted octanol–water partition coefficient (Wildman–Crippen LogP) is 1.67. The first-order chi connectivity index (χ1) is 9.27. The summed E-state index contributed by atoms with van der Waals surface area (Å²) in [6.45, 7) is 4.71. The van der Waals surface area contributed by atoms with Gasteiger partial charge >= 0.3 is 6.03 Å². The van der Waals surface area contributed by atoms with Crippen LogP contribution in [0.4, 0.5) is 4.79 Å². The molecule has 0 fully saturated rings. The quantitative estimate of drug-likeness (QED) is 0.704. The summed E-state index contributed by atoms with van der Waals surface area (Å²) in [5.41, 5.74) is 2.17. The fourth-order valence-corrected chi connectivity index (χ4v) is 1.59. The highest BCUT2D eigenvalue weighted by Gasteiger charge is 2.04. The molecule has 106 valence electrons. The van der Waals surface area contributed by atoms with Crippen LogP contribution in [0.1, 0.15) is 18.1 Å². The number of amides is 2. The molecule has 0 radical (unpaired) electrons. The first-order valence-electron chi connectivity index (χ1n) is 6.43. The molecule has 1 aromatic rings. The molecule has 0 spiro atoms. The zero-order chi connectivity index (χ0) is 13.9. The van der Waals surface area contributed by atoms with Gasteiger partial charge < -0.3 is 20.1 Å². The lowest BCUT2D eigenvalue weighted by Crippen LogP contribution is -2.36. The molecule has 19 heavy (non-hydrogen) atoms. The number of methoxy groups -OCH3 is 1. The molecule has 2 N–H and O–H groups in total. The van der Waals surface area contributed by atoms with E-state index in [1.165, 1.54) is 0 Å². The average Bonchev–Trinajstić information content (AvgIpc) is 2.44. The Morgan fingerprint density at radius 2 is 1.95 bits per heavy atom. The van der Waals surface area contributed by atoms with Crippen LogP contribution in [0.25, 0.3) is 0 Å². The van der Waals surface area contributed by atoms with Crippen LogP contribution in [0.2, 0.25) is 0 Å². The van der Waals surface area contributed by atoms with Crippen molar-refractivity contribution in [1.29, 1.82) is 0 Å². The third kappa shape index (κ3) is 6.22. The third-order valence-electron chi connectivity index (χ3n) is 2.61. The molecule has 2 amide bonds. The van der Waals surface area contributed by atoms with E-state index >= 15 is 0 Å². The van der Waals surface area contributed by atoms with Crippen LogP contribution < -0.4 is 10.6 Å². The highest BCUT2D eigenvalue weighted by molar-refractivity contribution is 5.73. The Kier molecular flexibility index (Phi) is 7.62. The van der Waals surface area contributed by atoms with Crippen molar-refractivity contribution >= 4 is 6.03 Å². The van der Waals surface area contributed by atoms with E-state index in [0.717, 1.165) is 11.1 Å². The van der Waals surface area contributed by atoms with Crippen molar-refractivity contribution in [2.45, 2.75) is 20.1 Å². The van der Waals surface area contributed by atoms with Crippen LogP contribution in [0, 0.1) is 0 Å². The molecule has 1 rings (SSSR count). The van der Waals surface area contributed by atoms with Gasteiger partial charge in [-0.25, -0.2) is 4.79 Å². The number of benzene rings is 1. The van der Waals surface area contributed by atoms with Crippen LogP contribution in [-0.4, -0.2) is 32.9 Å². The van der Waals surface area contributed by atoms with Crippen molar-refractivity contribution in [3.63, 3.8) is 0 Å². The molecule has 0 aliphatic rings. The second-order valence-electron chi connectivity index (χ2n) is 4.01. The molecule has 5 nitrogen and oxygen atoms in total. The third-order valence-corrected chi connectivity index (χ3v) is 2.61. The van der Waals surface area contributed by atoms with Gasteiger partial charge in [0.15, 0.2) is 0 Å². The summed E-state index contributed by atoms with van der Waals surface area (Å²) in [6, 6.07) is 7.73. The average molecular weight is 266 g/mol. The highest BCUT2D eigenvalue weighted by Crippen LogP contribution is 2.09. The van der Waals surface area contributed by atoms with E-state index in [0.29, 0.717) is 32.9 Å². The number of hydrogen-bond acceptors (Lipinski definition) is 3. The van der Waals surface area contributed by atoms with Gasteiger partial charge in [0.25, 0.3) is 0 Å². The minimum Gasteiger partial charge on any atom is -0.383 e. The number of ether oxygens (including phenoxy) is 2. The number of urea groups is 1. The van der Waals surface area contributed by atoms with Crippen LogP contribution >= 0.6 is 0 Å². The Balaban J connectivity index is 2.41. The van der Waals surface area contributed by atoms with E-state index < -0.39 is 0 Å². The van der Waals surface area contributed by atoms with E-state index in [-0.39, 0.29) is 6.03 Å². The summed E-state index contributed by atoms with van der Waals surface area (Å²) in [5, 5.41) is 5.52. The van der Waals surface area contributed by atoms with Crippen LogP contribution in [-0.2, 0) is 22.6 Å². The largest absolute Gasteiger partial charge is 0.383 e. The smallest absolute Gasteiger partial charge is 0.315 e. The second-order valence-corrected chi connectivity index (χ2v) is 4.01. The molecule has 0 aliphatic carbocycles. The second kappa shape index (κ2) is 9.35. The number of rotatable bonds is 8. The lowest BCUT2D eigenvalue weighted by atomic mass is 10.1. The molecule has 0 saturated heterocycles. The fraction of sp³-hybridized carbons (Fsp3) is 0.500. The normalized spacial score (nSPS) is 10.2. The molecule has 0 saturated carbocycles. The first-order valence-corrected chi connectivity index (χ1v) is 6.43. The van der Waals surface area contributed by atoms with Crippen molar-refractivity contribution in [2.75, 3.05) is 26.9 Å². The van der Waals surface area contributed by atoms with Gasteiger partial charge in [-0.2, -0.15) is 0 Å². The Morgan fingerprint density at radius 1 is 1.21 bits per heavy atom. The van der Waals surface area contributed by atoms with Crippen molar-refractivity contribution in [3.8, 4) is 0 Å². The summed E-state index contributed by atoms with van der Waals surface area (Å²) < 4.78 is 10.3. The highest BCUT2D eigenvalue weighted by atomic mass is 16.5. The van der Waals surface area contributed by atoms with Crippen LogP contribution in [0.3, 0.4) is 0 Å². The van der Waals surface area contributed by atoms with Crippen molar-refractivity contribution in [1.82, 2.24) is 10.6 Å². The molecule has 0 heterocycles. The number of hydrogen-bond donors (Lipinski definition) is 2. The van der Waals surface area contributed by atoms with Gasteiger partial charge in [-0.3, -0.25) is 0 Å². The van der Waals surface area contributed by atoms with Gasteiger partial charge in [0.05, 0.1) is 13.2 Å². The van der Waals surface area contributed by atoms with E-state index in [9.17, 15) is 4.79 Å². The minimum absolute atomic E-state index is 0.191. The number of nitrogens with one attached hydrogen (secondary N) is 2. The number of carbonyl (C=O) groups is 1. The maximum atomic E-state index is 11.5. The maximum Gasteiger partial charge on any atom is 0.315 e. The molecule has 0 aromatic heterocycles. The summed E-state index contributed by atoms with van der Waals surface area (Å²) >= 11 is 0. The zero-order valence-electron chi connectivity index (χ0n) is 11.6. The number of carbonyl (C=O) groups excluding carboxylic acids is 1. The van der Waals surface area contributed by atoms with Gasteiger partial charge in [0, 0.05) is 26.8 Å². The summed E-state index contributed by atoms with van der Waals surface area (Å²) in [5.74, 6) is 0. The molecule has 5 heteroatoms. The Labute approximate surface area is 114 Å². The van der Waals surface area contributed by atoms with Crippen LogP contribution in [0.15, 0.2) is 24.3 Å². The molecule has 0 aliphatic heterocycles. The lowest BCUT2D eigenvalue weighted by molar-refractivity contribution is 0.133. The monoisotopic (exact) mass is 266 g/mol. The lowest BCUT2D eigenvalue weighted by Gasteiger charge is -2.11. The first kappa shape index (κ1) is 15.5. The SMILES string of the molecule is CCOCc1ccccc1CNC(=O)NCCOC.